The fourth-order valence-electron chi connectivity index (χ4n) is 3.90. The largest absolute Gasteiger partial charge is 0.383 e. The molecule has 130 valence electrons. The third kappa shape index (κ3) is 3.35. The molecule has 4 rings (SSSR count). The van der Waals surface area contributed by atoms with E-state index in [9.17, 15) is 4.79 Å². The van der Waals surface area contributed by atoms with Gasteiger partial charge in [0.15, 0.2) is 0 Å². The Bertz CT molecular complexity index is 710. The molecule has 1 saturated heterocycles. The molecule has 1 aliphatic heterocycles. The van der Waals surface area contributed by atoms with E-state index in [1.54, 1.807) is 24.7 Å². The number of amides is 1. The molecular formula is C19H22N4O2. The summed E-state index contributed by atoms with van der Waals surface area (Å²) in [6.45, 7) is 2.08. The number of nitrogens with one attached hydrogen (secondary N) is 1. The van der Waals surface area contributed by atoms with Gasteiger partial charge in [0.25, 0.3) is 5.91 Å². The van der Waals surface area contributed by atoms with Crippen molar-refractivity contribution < 1.29 is 9.53 Å². The Balaban J connectivity index is 1.42. The summed E-state index contributed by atoms with van der Waals surface area (Å²) in [7, 11) is 0. The molecule has 0 aromatic carbocycles. The van der Waals surface area contributed by atoms with Crippen LogP contribution < -0.4 is 5.32 Å². The molecule has 2 aliphatic rings. The Morgan fingerprint density at radius 2 is 2.04 bits per heavy atom. The van der Waals surface area contributed by atoms with Gasteiger partial charge in [-0.2, -0.15) is 0 Å². The van der Waals surface area contributed by atoms with Crippen molar-refractivity contribution in [1.82, 2.24) is 14.9 Å². The lowest BCUT2D eigenvalue weighted by Crippen LogP contribution is -2.53. The van der Waals surface area contributed by atoms with Crippen molar-refractivity contribution in [1.29, 1.82) is 0 Å². The maximum Gasteiger partial charge on any atom is 0.255 e. The van der Waals surface area contributed by atoms with Crippen LogP contribution in [0.15, 0.2) is 49.1 Å². The maximum absolute atomic E-state index is 12.8. The highest BCUT2D eigenvalue weighted by molar-refractivity contribution is 5.94. The van der Waals surface area contributed by atoms with Crippen LogP contribution in [-0.2, 0) is 4.74 Å². The standard InChI is InChI=1S/C19H22N4O2/c24-19(15-3-1-7-20-11-15)23-9-10-25-18-14(5-6-17(18)23)12-22-16-4-2-8-21-13-16/h1-4,7-8,11,13-14,17-18,22H,5-6,9-10,12H2/t14-,17+,18-/m1/s1. The molecule has 3 atom stereocenters. The summed E-state index contributed by atoms with van der Waals surface area (Å²) < 4.78 is 6.05. The summed E-state index contributed by atoms with van der Waals surface area (Å²) in [5.41, 5.74) is 1.67. The minimum absolute atomic E-state index is 0.0623. The van der Waals surface area contributed by atoms with Crippen molar-refractivity contribution in [3.63, 3.8) is 0 Å². The second kappa shape index (κ2) is 7.19. The molecule has 2 aromatic rings. The van der Waals surface area contributed by atoms with E-state index < -0.39 is 0 Å². The number of hydrogen-bond donors (Lipinski definition) is 1. The molecule has 1 aliphatic carbocycles. The van der Waals surface area contributed by atoms with E-state index in [0.717, 1.165) is 25.1 Å². The van der Waals surface area contributed by atoms with E-state index in [0.29, 0.717) is 24.6 Å². The topological polar surface area (TPSA) is 67.4 Å². The molecule has 0 spiro atoms. The molecule has 2 fully saturated rings. The predicted molar refractivity (Wildman–Crippen MR) is 94.3 cm³/mol. The quantitative estimate of drug-likeness (QED) is 0.926. The highest BCUT2D eigenvalue weighted by Crippen LogP contribution is 2.35. The first-order valence-corrected chi connectivity index (χ1v) is 8.79. The van der Waals surface area contributed by atoms with Gasteiger partial charge in [-0.15, -0.1) is 0 Å². The van der Waals surface area contributed by atoms with Crippen molar-refractivity contribution in [2.75, 3.05) is 25.0 Å². The predicted octanol–water partition coefficient (Wildman–Crippen LogP) is 2.21. The summed E-state index contributed by atoms with van der Waals surface area (Å²) >= 11 is 0. The van der Waals surface area contributed by atoms with Gasteiger partial charge in [-0.3, -0.25) is 14.8 Å². The van der Waals surface area contributed by atoms with Crippen LogP contribution in [-0.4, -0.2) is 52.6 Å². The highest BCUT2D eigenvalue weighted by atomic mass is 16.5. The lowest BCUT2D eigenvalue weighted by molar-refractivity contribution is -0.0602. The van der Waals surface area contributed by atoms with Crippen LogP contribution in [0, 0.1) is 5.92 Å². The van der Waals surface area contributed by atoms with E-state index in [1.165, 1.54) is 0 Å². The zero-order chi connectivity index (χ0) is 17.1. The zero-order valence-electron chi connectivity index (χ0n) is 14.0. The number of pyridine rings is 2. The zero-order valence-corrected chi connectivity index (χ0v) is 14.0. The lowest BCUT2D eigenvalue weighted by Gasteiger charge is -2.39. The van der Waals surface area contributed by atoms with Crippen LogP contribution in [0.2, 0.25) is 0 Å². The van der Waals surface area contributed by atoms with Crippen molar-refractivity contribution >= 4 is 11.6 Å². The number of carbonyl (C=O) groups excluding carboxylic acids is 1. The fraction of sp³-hybridized carbons (Fsp3) is 0.421. The number of hydrogen-bond acceptors (Lipinski definition) is 5. The third-order valence-corrected chi connectivity index (χ3v) is 5.12. The number of aromatic nitrogens is 2. The Labute approximate surface area is 147 Å². The lowest BCUT2D eigenvalue weighted by atomic mass is 10.0. The second-order valence-electron chi connectivity index (χ2n) is 6.60. The van der Waals surface area contributed by atoms with Crippen LogP contribution in [0.4, 0.5) is 5.69 Å². The molecule has 1 amide bonds. The maximum atomic E-state index is 12.8. The number of anilines is 1. The number of fused-ring (bicyclic) bond motifs is 1. The Morgan fingerprint density at radius 3 is 2.80 bits per heavy atom. The minimum atomic E-state index is 0.0623. The van der Waals surface area contributed by atoms with Crippen LogP contribution in [0.1, 0.15) is 23.2 Å². The Morgan fingerprint density at radius 1 is 1.20 bits per heavy atom. The highest BCUT2D eigenvalue weighted by Gasteiger charge is 2.44. The van der Waals surface area contributed by atoms with Crippen LogP contribution in [0.3, 0.4) is 0 Å². The molecule has 6 heteroatoms. The summed E-state index contributed by atoms with van der Waals surface area (Å²) in [5.74, 6) is 0.460. The molecule has 1 N–H and O–H groups in total. The molecule has 25 heavy (non-hydrogen) atoms. The van der Waals surface area contributed by atoms with E-state index in [2.05, 4.69) is 15.3 Å². The molecule has 2 aromatic heterocycles. The Kier molecular flexibility index (Phi) is 4.61. The molecule has 0 unspecified atom stereocenters. The van der Waals surface area contributed by atoms with Gasteiger partial charge in [0.1, 0.15) is 0 Å². The fourth-order valence-corrected chi connectivity index (χ4v) is 3.90. The summed E-state index contributed by atoms with van der Waals surface area (Å²) in [5, 5.41) is 3.44. The molecule has 6 nitrogen and oxygen atoms in total. The minimum Gasteiger partial charge on any atom is -0.383 e. The average molecular weight is 338 g/mol. The smallest absolute Gasteiger partial charge is 0.255 e. The molecule has 3 heterocycles. The summed E-state index contributed by atoms with van der Waals surface area (Å²) in [4.78, 5) is 23.0. The SMILES string of the molecule is O=C(c1cccnc1)N1CCO[C@@H]2[C@@H](CNc3cccnc3)CC[C@@H]21. The number of carbonyl (C=O) groups is 1. The van der Waals surface area contributed by atoms with Gasteiger partial charge < -0.3 is 15.0 Å². The van der Waals surface area contributed by atoms with Gasteiger partial charge in [-0.05, 0) is 37.1 Å². The summed E-state index contributed by atoms with van der Waals surface area (Å²) in [6.07, 6.45) is 9.06. The number of nitrogens with zero attached hydrogens (tertiary/aromatic N) is 3. The molecule has 1 saturated carbocycles. The number of morpholine rings is 1. The molecule has 0 radical (unpaired) electrons. The Hall–Kier alpha value is -2.47. The normalized spacial score (nSPS) is 25.4. The van der Waals surface area contributed by atoms with Crippen LogP contribution in [0.25, 0.3) is 0 Å². The van der Waals surface area contributed by atoms with E-state index in [4.69, 9.17) is 4.74 Å². The van der Waals surface area contributed by atoms with Gasteiger partial charge in [-0.25, -0.2) is 0 Å². The molecule has 0 bridgehead atoms. The molecular weight excluding hydrogens is 316 g/mol. The van der Waals surface area contributed by atoms with Crippen molar-refractivity contribution in [2.24, 2.45) is 5.92 Å². The van der Waals surface area contributed by atoms with Crippen LogP contribution >= 0.6 is 0 Å². The number of ether oxygens (including phenoxy) is 1. The van der Waals surface area contributed by atoms with E-state index >= 15 is 0 Å². The monoisotopic (exact) mass is 338 g/mol. The average Bonchev–Trinajstić information content (AvgIpc) is 3.10. The van der Waals surface area contributed by atoms with Crippen LogP contribution in [0.5, 0.6) is 0 Å². The van der Waals surface area contributed by atoms with E-state index in [1.807, 2.05) is 29.3 Å². The van der Waals surface area contributed by atoms with Gasteiger partial charge >= 0.3 is 0 Å². The van der Waals surface area contributed by atoms with Gasteiger partial charge in [0, 0.05) is 43.8 Å². The van der Waals surface area contributed by atoms with Crippen molar-refractivity contribution in [3.8, 4) is 0 Å². The summed E-state index contributed by atoms with van der Waals surface area (Å²) in [6, 6.07) is 7.73. The first kappa shape index (κ1) is 16.0. The van der Waals surface area contributed by atoms with Crippen molar-refractivity contribution in [3.05, 3.63) is 54.6 Å². The van der Waals surface area contributed by atoms with Gasteiger partial charge in [0.2, 0.25) is 0 Å². The first-order chi connectivity index (χ1) is 12.3. The number of rotatable bonds is 4. The van der Waals surface area contributed by atoms with Crippen molar-refractivity contribution in [2.45, 2.75) is 25.0 Å². The van der Waals surface area contributed by atoms with Gasteiger partial charge in [0.05, 0.1) is 30.0 Å². The third-order valence-electron chi connectivity index (χ3n) is 5.12. The van der Waals surface area contributed by atoms with E-state index in [-0.39, 0.29) is 18.1 Å². The second-order valence-corrected chi connectivity index (χ2v) is 6.60. The first-order valence-electron chi connectivity index (χ1n) is 8.79. The van der Waals surface area contributed by atoms with Gasteiger partial charge in [-0.1, -0.05) is 0 Å².